The minimum Gasteiger partial charge on any atom is -0.376 e. The van der Waals surface area contributed by atoms with E-state index >= 15 is 0 Å². The molecule has 18 heavy (non-hydrogen) atoms. The molecule has 3 N–H and O–H groups in total. The predicted molar refractivity (Wildman–Crippen MR) is 78.6 cm³/mol. The lowest BCUT2D eigenvalue weighted by atomic mass is 10.2. The second kappa shape index (κ2) is 4.80. The zero-order valence-electron chi connectivity index (χ0n) is 9.43. The molecule has 1 aliphatic rings. The highest BCUT2D eigenvalue weighted by Gasteiger charge is 2.23. The number of halogens is 1. The number of hydrogen-bond donors (Lipinski definition) is 2. The second-order valence-electron chi connectivity index (χ2n) is 3.62. The Kier molecular flexibility index (Phi) is 3.36. The molecule has 0 bridgehead atoms. The SMILES string of the molecule is C=C1C(=N)N(C(N)=S)C=CN1c1ccccc1Cl. The van der Waals surface area contributed by atoms with E-state index in [0.29, 0.717) is 10.7 Å². The molecule has 6 heteroatoms. The van der Waals surface area contributed by atoms with Crippen LogP contribution in [0.2, 0.25) is 5.02 Å². The fourth-order valence-corrected chi connectivity index (χ4v) is 1.99. The molecule has 0 radical (unpaired) electrons. The summed E-state index contributed by atoms with van der Waals surface area (Å²) in [5.74, 6) is 0.130. The van der Waals surface area contributed by atoms with Gasteiger partial charge in [0.15, 0.2) is 10.9 Å². The molecular formula is C12H11ClN4S. The Morgan fingerprint density at radius 2 is 2.00 bits per heavy atom. The first kappa shape index (κ1) is 12.6. The summed E-state index contributed by atoms with van der Waals surface area (Å²) in [6.45, 7) is 3.86. The topological polar surface area (TPSA) is 56.4 Å². The van der Waals surface area contributed by atoms with E-state index in [9.17, 15) is 0 Å². The molecule has 0 aromatic heterocycles. The summed E-state index contributed by atoms with van der Waals surface area (Å²) in [7, 11) is 0. The molecule has 0 atom stereocenters. The average Bonchev–Trinajstić information content (AvgIpc) is 2.33. The number of thiocarbonyl (C=S) groups is 1. The molecule has 0 unspecified atom stereocenters. The van der Waals surface area contributed by atoms with Crippen LogP contribution in [0.3, 0.4) is 0 Å². The largest absolute Gasteiger partial charge is 0.376 e. The van der Waals surface area contributed by atoms with Gasteiger partial charge < -0.3 is 10.6 Å². The molecule has 0 aliphatic carbocycles. The van der Waals surface area contributed by atoms with Crippen LogP contribution in [0, 0.1) is 5.41 Å². The first-order valence-corrected chi connectivity index (χ1v) is 5.89. The summed E-state index contributed by atoms with van der Waals surface area (Å²) >= 11 is 11.0. The summed E-state index contributed by atoms with van der Waals surface area (Å²) in [5.41, 5.74) is 6.73. The van der Waals surface area contributed by atoms with Crippen molar-refractivity contribution in [1.82, 2.24) is 4.90 Å². The van der Waals surface area contributed by atoms with E-state index in [1.807, 2.05) is 18.2 Å². The van der Waals surface area contributed by atoms with Crippen LogP contribution < -0.4 is 10.6 Å². The second-order valence-corrected chi connectivity index (χ2v) is 4.45. The highest BCUT2D eigenvalue weighted by molar-refractivity contribution is 7.80. The van der Waals surface area contributed by atoms with Crippen molar-refractivity contribution < 1.29 is 0 Å². The molecular weight excluding hydrogens is 268 g/mol. The van der Waals surface area contributed by atoms with Crippen LogP contribution in [0.25, 0.3) is 0 Å². The zero-order valence-corrected chi connectivity index (χ0v) is 11.0. The van der Waals surface area contributed by atoms with Crippen LogP contribution in [-0.4, -0.2) is 15.8 Å². The molecule has 1 aliphatic heterocycles. The quantitative estimate of drug-likeness (QED) is 0.776. The van der Waals surface area contributed by atoms with Gasteiger partial charge in [-0.05, 0) is 24.4 Å². The number of nitrogens with one attached hydrogen (secondary N) is 1. The molecule has 1 heterocycles. The number of para-hydroxylation sites is 1. The Bertz CT molecular complexity index is 567. The molecule has 0 amide bonds. The monoisotopic (exact) mass is 278 g/mol. The Hall–Kier alpha value is -1.85. The molecule has 0 spiro atoms. The fraction of sp³-hybridized carbons (Fsp3) is 0. The van der Waals surface area contributed by atoms with Gasteiger partial charge in [0.1, 0.15) is 0 Å². The van der Waals surface area contributed by atoms with Crippen LogP contribution >= 0.6 is 23.8 Å². The van der Waals surface area contributed by atoms with Gasteiger partial charge in [0.05, 0.1) is 16.4 Å². The van der Waals surface area contributed by atoms with E-state index in [2.05, 4.69) is 6.58 Å². The normalized spacial score (nSPS) is 15.2. The molecule has 92 valence electrons. The van der Waals surface area contributed by atoms with E-state index in [1.165, 1.54) is 4.90 Å². The smallest absolute Gasteiger partial charge is 0.176 e. The summed E-state index contributed by atoms with van der Waals surface area (Å²) in [4.78, 5) is 3.10. The van der Waals surface area contributed by atoms with Gasteiger partial charge in [0, 0.05) is 12.4 Å². The van der Waals surface area contributed by atoms with Crippen molar-refractivity contribution in [3.63, 3.8) is 0 Å². The number of nitrogens with two attached hydrogens (primary N) is 1. The third kappa shape index (κ3) is 2.10. The summed E-state index contributed by atoms with van der Waals surface area (Å²) in [5, 5.41) is 8.65. The van der Waals surface area contributed by atoms with E-state index < -0.39 is 0 Å². The van der Waals surface area contributed by atoms with E-state index in [1.54, 1.807) is 23.4 Å². The number of amidine groups is 1. The molecule has 0 saturated carbocycles. The Balaban J connectivity index is 2.41. The summed E-state index contributed by atoms with van der Waals surface area (Å²) < 4.78 is 0. The Morgan fingerprint density at radius 3 is 2.61 bits per heavy atom. The van der Waals surface area contributed by atoms with Crippen LogP contribution in [-0.2, 0) is 0 Å². The van der Waals surface area contributed by atoms with Gasteiger partial charge in [-0.15, -0.1) is 0 Å². The lowest BCUT2D eigenvalue weighted by Gasteiger charge is -2.32. The number of anilines is 1. The third-order valence-electron chi connectivity index (χ3n) is 2.52. The van der Waals surface area contributed by atoms with Gasteiger partial charge in [-0.1, -0.05) is 30.3 Å². The van der Waals surface area contributed by atoms with E-state index in [0.717, 1.165) is 5.69 Å². The molecule has 2 rings (SSSR count). The molecule has 4 nitrogen and oxygen atoms in total. The van der Waals surface area contributed by atoms with Crippen molar-refractivity contribution in [2.45, 2.75) is 0 Å². The first-order valence-electron chi connectivity index (χ1n) is 5.11. The van der Waals surface area contributed by atoms with Crippen LogP contribution in [0.1, 0.15) is 0 Å². The maximum Gasteiger partial charge on any atom is 0.176 e. The van der Waals surface area contributed by atoms with Crippen LogP contribution in [0.15, 0.2) is 48.9 Å². The number of hydrogen-bond acceptors (Lipinski definition) is 3. The number of benzene rings is 1. The molecule has 1 aromatic rings. The van der Waals surface area contributed by atoms with Crippen molar-refractivity contribution in [3.05, 3.63) is 54.0 Å². The van der Waals surface area contributed by atoms with E-state index in [4.69, 9.17) is 35.0 Å². The Labute approximate surface area is 115 Å². The molecule has 0 saturated heterocycles. The Morgan fingerprint density at radius 1 is 1.33 bits per heavy atom. The maximum atomic E-state index is 7.96. The zero-order chi connectivity index (χ0) is 13.3. The van der Waals surface area contributed by atoms with Gasteiger partial charge in [0.25, 0.3) is 0 Å². The van der Waals surface area contributed by atoms with Crippen molar-refractivity contribution >= 4 is 40.5 Å². The fourth-order valence-electron chi connectivity index (χ4n) is 1.61. The lowest BCUT2D eigenvalue weighted by molar-refractivity contribution is 0.794. The first-order chi connectivity index (χ1) is 8.52. The lowest BCUT2D eigenvalue weighted by Crippen LogP contribution is -2.43. The predicted octanol–water partition coefficient (Wildman–Crippen LogP) is 2.67. The highest BCUT2D eigenvalue weighted by atomic mass is 35.5. The van der Waals surface area contributed by atoms with Crippen LogP contribution in [0.4, 0.5) is 5.69 Å². The molecule has 0 fully saturated rings. The minimum absolute atomic E-state index is 0.108. The van der Waals surface area contributed by atoms with Crippen molar-refractivity contribution in [3.8, 4) is 0 Å². The molecule has 1 aromatic carbocycles. The van der Waals surface area contributed by atoms with Gasteiger partial charge in [-0.3, -0.25) is 10.3 Å². The number of rotatable bonds is 1. The van der Waals surface area contributed by atoms with E-state index in [-0.39, 0.29) is 10.9 Å². The average molecular weight is 279 g/mol. The van der Waals surface area contributed by atoms with Gasteiger partial charge in [-0.25, -0.2) is 0 Å². The third-order valence-corrected chi connectivity index (χ3v) is 3.04. The maximum absolute atomic E-state index is 7.96. The van der Waals surface area contributed by atoms with Gasteiger partial charge >= 0.3 is 0 Å². The minimum atomic E-state index is 0.108. The number of nitrogens with zero attached hydrogens (tertiary/aromatic N) is 2. The van der Waals surface area contributed by atoms with Gasteiger partial charge in [0.2, 0.25) is 0 Å². The van der Waals surface area contributed by atoms with Crippen molar-refractivity contribution in [1.29, 1.82) is 5.41 Å². The summed E-state index contributed by atoms with van der Waals surface area (Å²) in [6, 6.07) is 7.34. The van der Waals surface area contributed by atoms with Gasteiger partial charge in [-0.2, -0.15) is 0 Å². The van der Waals surface area contributed by atoms with Crippen molar-refractivity contribution in [2.24, 2.45) is 5.73 Å². The highest BCUT2D eigenvalue weighted by Crippen LogP contribution is 2.30. The summed E-state index contributed by atoms with van der Waals surface area (Å²) in [6.07, 6.45) is 3.34. The standard InChI is InChI=1S/C12H11ClN4S/c1-8-11(14)17(12(15)18)7-6-16(8)10-5-3-2-4-9(10)13/h2-7,14H,1H2,(H2,15,18). The van der Waals surface area contributed by atoms with Crippen LogP contribution in [0.5, 0.6) is 0 Å². The van der Waals surface area contributed by atoms with Crippen molar-refractivity contribution in [2.75, 3.05) is 4.90 Å².